The first-order valence-electron chi connectivity index (χ1n) is 13.1. The van der Waals surface area contributed by atoms with Gasteiger partial charge in [0.2, 0.25) is 0 Å². The van der Waals surface area contributed by atoms with Crippen molar-refractivity contribution in [3.63, 3.8) is 0 Å². The number of benzene rings is 1. The number of hydrogen-bond acceptors (Lipinski definition) is 6. The second-order valence-corrected chi connectivity index (χ2v) is 8.97. The Morgan fingerprint density at radius 3 is 2.58 bits per heavy atom. The van der Waals surface area contributed by atoms with Crippen LogP contribution < -0.4 is 4.74 Å². The molecule has 36 heavy (non-hydrogen) atoms. The highest BCUT2D eigenvalue weighted by Gasteiger charge is 2.23. The summed E-state index contributed by atoms with van der Waals surface area (Å²) in [5.41, 5.74) is 4.02. The number of oxime groups is 1. The predicted octanol–water partition coefficient (Wildman–Crippen LogP) is 5.66. The Balaban J connectivity index is 2.53. The number of amides is 1. The van der Waals surface area contributed by atoms with Crippen molar-refractivity contribution < 1.29 is 23.9 Å². The van der Waals surface area contributed by atoms with Gasteiger partial charge in [-0.1, -0.05) is 35.9 Å². The molecule has 0 unspecified atom stereocenters. The van der Waals surface area contributed by atoms with Gasteiger partial charge in [0.05, 0.1) is 12.3 Å². The summed E-state index contributed by atoms with van der Waals surface area (Å²) in [6.45, 7) is 13.3. The molecule has 0 N–H and O–H groups in total. The molecule has 1 heterocycles. The van der Waals surface area contributed by atoms with E-state index in [1.54, 1.807) is 4.90 Å². The third-order valence-corrected chi connectivity index (χ3v) is 6.07. The number of ether oxygens (including phenoxy) is 2. The first kappa shape index (κ1) is 29.1. The van der Waals surface area contributed by atoms with Gasteiger partial charge in [0.1, 0.15) is 17.4 Å². The second-order valence-electron chi connectivity index (χ2n) is 8.97. The lowest BCUT2D eigenvalue weighted by molar-refractivity contribution is -0.135. The molecule has 198 valence electrons. The van der Waals surface area contributed by atoms with Crippen LogP contribution in [0.4, 0.5) is 0 Å². The van der Waals surface area contributed by atoms with Gasteiger partial charge in [-0.05, 0) is 77.2 Å². The maximum atomic E-state index is 13.3. The van der Waals surface area contributed by atoms with Gasteiger partial charge in [0.15, 0.2) is 6.61 Å². The molecular weight excluding hydrogens is 456 g/mol. The zero-order valence-electron chi connectivity index (χ0n) is 22.8. The van der Waals surface area contributed by atoms with Gasteiger partial charge < -0.3 is 19.2 Å². The van der Waals surface area contributed by atoms with Gasteiger partial charge in [-0.15, -0.1) is 0 Å². The van der Waals surface area contributed by atoms with E-state index < -0.39 is 5.97 Å². The van der Waals surface area contributed by atoms with Crippen LogP contribution in [0.25, 0.3) is 0 Å². The molecule has 7 heteroatoms. The number of carbonyl (C=O) groups is 2. The quantitative estimate of drug-likeness (QED) is 0.262. The van der Waals surface area contributed by atoms with Gasteiger partial charge in [-0.3, -0.25) is 4.79 Å². The number of cyclic esters (lactones) is 1. The minimum atomic E-state index is -0.410. The summed E-state index contributed by atoms with van der Waals surface area (Å²) < 4.78 is 11.7. The maximum absolute atomic E-state index is 13.3. The average Bonchev–Trinajstić information content (AvgIpc) is 2.83. The van der Waals surface area contributed by atoms with Gasteiger partial charge in [-0.2, -0.15) is 0 Å². The number of rotatable bonds is 8. The van der Waals surface area contributed by atoms with Crippen LogP contribution in [0, 0.1) is 0 Å². The van der Waals surface area contributed by atoms with Crippen LogP contribution in [0.3, 0.4) is 0 Å². The minimum Gasteiger partial charge on any atom is -0.493 e. The van der Waals surface area contributed by atoms with Crippen molar-refractivity contribution in [2.24, 2.45) is 5.16 Å². The molecule has 0 saturated heterocycles. The molecule has 0 aliphatic carbocycles. The van der Waals surface area contributed by atoms with E-state index >= 15 is 0 Å². The van der Waals surface area contributed by atoms with Crippen molar-refractivity contribution in [3.8, 4) is 5.75 Å². The highest BCUT2D eigenvalue weighted by atomic mass is 16.6. The molecule has 0 saturated carbocycles. The van der Waals surface area contributed by atoms with E-state index in [1.807, 2.05) is 45.9 Å². The monoisotopic (exact) mass is 498 g/mol. The van der Waals surface area contributed by atoms with E-state index in [0.29, 0.717) is 49.6 Å². The van der Waals surface area contributed by atoms with Crippen LogP contribution in [0.1, 0.15) is 82.3 Å². The smallest absolute Gasteiger partial charge is 0.342 e. The standard InChI is InChI=1S/C29H42N2O5/c1-7-23-17-24-19-25(30-35-20-27(32)31(8-2)9-3)16-21(5)14-12-11-13-15-22(6)36-29(33)28(24)26(18-23)34-10-4/h11,13,16-18,22H,7-10,12,14-15,19-20H2,1-6H3/b13-11+,21-16+,30-25-/t22-/m1/s1. The molecule has 1 amide bonds. The van der Waals surface area contributed by atoms with E-state index in [4.69, 9.17) is 14.3 Å². The van der Waals surface area contributed by atoms with E-state index in [0.717, 1.165) is 36.0 Å². The maximum Gasteiger partial charge on any atom is 0.342 e. The first-order valence-corrected chi connectivity index (χ1v) is 13.1. The SMILES string of the molecule is CCOc1cc(CC)cc2c1C(=O)O[C@H](C)C/C=C/CC/C(C)=C/C(=N/OCC(=O)N(CC)CC)C2. The van der Waals surface area contributed by atoms with Crippen LogP contribution in [-0.2, 0) is 27.2 Å². The Kier molecular flexibility index (Phi) is 12.2. The summed E-state index contributed by atoms with van der Waals surface area (Å²) in [4.78, 5) is 33.0. The summed E-state index contributed by atoms with van der Waals surface area (Å²) in [5.74, 6) is -0.00272. The van der Waals surface area contributed by atoms with Crippen LogP contribution in [0.2, 0.25) is 0 Å². The molecular formula is C29H42N2O5. The molecule has 0 radical (unpaired) electrons. The fraction of sp³-hybridized carbons (Fsp3) is 0.552. The lowest BCUT2D eigenvalue weighted by atomic mass is 9.95. The van der Waals surface area contributed by atoms with Crippen molar-refractivity contribution in [2.45, 2.75) is 79.8 Å². The average molecular weight is 499 g/mol. The summed E-state index contributed by atoms with van der Waals surface area (Å²) in [6, 6.07) is 3.92. The molecule has 1 aliphatic rings. The summed E-state index contributed by atoms with van der Waals surface area (Å²) in [6.07, 6.45) is 9.43. The molecule has 0 aromatic heterocycles. The van der Waals surface area contributed by atoms with Crippen molar-refractivity contribution in [2.75, 3.05) is 26.3 Å². The molecule has 1 aromatic rings. The Morgan fingerprint density at radius 1 is 1.17 bits per heavy atom. The van der Waals surface area contributed by atoms with E-state index in [-0.39, 0.29) is 18.6 Å². The minimum absolute atomic E-state index is 0.110. The summed E-state index contributed by atoms with van der Waals surface area (Å²) >= 11 is 0. The summed E-state index contributed by atoms with van der Waals surface area (Å²) in [7, 11) is 0. The number of aryl methyl sites for hydroxylation is 1. The van der Waals surface area contributed by atoms with E-state index in [2.05, 4.69) is 31.2 Å². The lowest BCUT2D eigenvalue weighted by Crippen LogP contribution is -2.33. The van der Waals surface area contributed by atoms with E-state index in [9.17, 15) is 9.59 Å². The molecule has 2 rings (SSSR count). The zero-order valence-corrected chi connectivity index (χ0v) is 22.8. The van der Waals surface area contributed by atoms with Gasteiger partial charge in [0, 0.05) is 25.9 Å². The first-order chi connectivity index (χ1) is 17.3. The topological polar surface area (TPSA) is 77.4 Å². The lowest BCUT2D eigenvalue weighted by Gasteiger charge is -2.19. The van der Waals surface area contributed by atoms with Gasteiger partial charge in [0.25, 0.3) is 5.91 Å². The molecule has 7 nitrogen and oxygen atoms in total. The zero-order chi connectivity index (χ0) is 26.5. The van der Waals surface area contributed by atoms with Crippen molar-refractivity contribution in [3.05, 3.63) is 52.6 Å². The molecule has 1 atom stereocenters. The normalized spacial score (nSPS) is 20.4. The summed E-state index contributed by atoms with van der Waals surface area (Å²) in [5, 5.41) is 4.35. The number of allylic oxidation sites excluding steroid dienone is 3. The van der Waals surface area contributed by atoms with Gasteiger partial charge in [-0.25, -0.2) is 4.79 Å². The highest BCUT2D eigenvalue weighted by Crippen LogP contribution is 2.28. The predicted molar refractivity (Wildman–Crippen MR) is 144 cm³/mol. The molecule has 1 aliphatic heterocycles. The van der Waals surface area contributed by atoms with Crippen molar-refractivity contribution >= 4 is 17.6 Å². The molecule has 1 aromatic carbocycles. The Morgan fingerprint density at radius 2 is 1.92 bits per heavy atom. The highest BCUT2D eigenvalue weighted by molar-refractivity contribution is 6.01. The Labute approximate surface area is 216 Å². The third-order valence-electron chi connectivity index (χ3n) is 6.07. The largest absolute Gasteiger partial charge is 0.493 e. The second kappa shape index (κ2) is 15.1. The van der Waals surface area contributed by atoms with Gasteiger partial charge >= 0.3 is 5.97 Å². The molecule has 0 bridgehead atoms. The van der Waals surface area contributed by atoms with Crippen LogP contribution in [-0.4, -0.2) is 54.9 Å². The third kappa shape index (κ3) is 8.85. The van der Waals surface area contributed by atoms with Crippen LogP contribution >= 0.6 is 0 Å². The number of carbonyl (C=O) groups excluding carboxylic acids is 2. The van der Waals surface area contributed by atoms with Crippen LogP contribution in [0.15, 0.2) is 41.1 Å². The Bertz CT molecular complexity index is 976. The number of esters is 1. The number of hydrogen-bond donors (Lipinski definition) is 0. The van der Waals surface area contributed by atoms with E-state index in [1.165, 1.54) is 0 Å². The van der Waals surface area contributed by atoms with Crippen LogP contribution in [0.5, 0.6) is 5.75 Å². The number of fused-ring (bicyclic) bond motifs is 1. The fourth-order valence-corrected chi connectivity index (χ4v) is 4.09. The number of nitrogens with zero attached hydrogens (tertiary/aromatic N) is 2. The molecule has 0 spiro atoms. The van der Waals surface area contributed by atoms with Crippen molar-refractivity contribution in [1.82, 2.24) is 4.90 Å². The van der Waals surface area contributed by atoms with Crippen molar-refractivity contribution in [1.29, 1.82) is 0 Å². The molecule has 0 fully saturated rings. The Hall–Kier alpha value is -3.09. The number of likely N-dealkylation sites (N-methyl/N-ethyl adjacent to an activating group) is 1. The fourth-order valence-electron chi connectivity index (χ4n) is 4.09.